The maximum absolute atomic E-state index is 7.22. The Kier molecular flexibility index (Phi) is 9.42. The quantitative estimate of drug-likeness (QED) is 0.155. The fourth-order valence-corrected chi connectivity index (χ4v) is 16.8. The van der Waals surface area contributed by atoms with Crippen LogP contribution in [-0.4, -0.2) is 22.9 Å². The lowest BCUT2D eigenvalue weighted by molar-refractivity contribution is 0.487. The van der Waals surface area contributed by atoms with Crippen LogP contribution >= 0.6 is 0 Å². The minimum absolute atomic E-state index is 0.0304. The highest BCUT2D eigenvalue weighted by Gasteiger charge is 2.42. The molecule has 0 N–H and O–H groups in total. The predicted octanol–water partition coefficient (Wildman–Crippen LogP) is 10.9. The average molecular weight is 829 g/mol. The summed E-state index contributed by atoms with van der Waals surface area (Å²) in [5.41, 5.74) is 15.6. The number of benzene rings is 7. The van der Waals surface area contributed by atoms with Gasteiger partial charge in [-0.05, 0) is 115 Å². The van der Waals surface area contributed by atoms with Gasteiger partial charge in [0.15, 0.2) is 0 Å². The first kappa shape index (κ1) is 39.6. The van der Waals surface area contributed by atoms with E-state index < -0.39 is 16.1 Å². The molecule has 3 heterocycles. The summed E-state index contributed by atoms with van der Waals surface area (Å²) in [6.07, 6.45) is 0. The zero-order valence-electron chi connectivity index (χ0n) is 37.5. The fourth-order valence-electron chi connectivity index (χ4n) is 10.8. The Morgan fingerprint density at radius 3 is 1.26 bits per heavy atom. The van der Waals surface area contributed by atoms with E-state index in [1.165, 1.54) is 82.3 Å². The average Bonchev–Trinajstić information content (AvgIpc) is 3.25. The molecule has 0 spiro atoms. The molecule has 0 aromatic heterocycles. The molecule has 7 aromatic rings. The Labute approximate surface area is 366 Å². The van der Waals surface area contributed by atoms with Crippen LogP contribution in [-0.2, 0) is 0 Å². The molecule has 3 aliphatic rings. The van der Waals surface area contributed by atoms with Crippen LogP contribution in [0.1, 0.15) is 76.0 Å². The van der Waals surface area contributed by atoms with Gasteiger partial charge in [-0.25, -0.2) is 0 Å². The molecular weight excluding hydrogens is 772 g/mol. The maximum Gasteiger partial charge on any atom is 0.251 e. The van der Waals surface area contributed by atoms with Gasteiger partial charge in [-0.1, -0.05) is 164 Å². The molecule has 0 radical (unpaired) electrons. The van der Waals surface area contributed by atoms with Crippen molar-refractivity contribution in [1.82, 2.24) is 0 Å². The minimum atomic E-state index is -1.94. The molecular formula is C55H57BN2OSi2. The van der Waals surface area contributed by atoms with E-state index in [1.54, 1.807) is 0 Å². The van der Waals surface area contributed by atoms with Gasteiger partial charge in [0.2, 0.25) is 0 Å². The molecule has 61 heavy (non-hydrogen) atoms. The smallest absolute Gasteiger partial charge is 0.251 e. The molecule has 0 unspecified atom stereocenters. The van der Waals surface area contributed by atoms with Gasteiger partial charge < -0.3 is 14.5 Å². The number of nitrogens with zero attached hydrogens (tertiary/aromatic N) is 2. The summed E-state index contributed by atoms with van der Waals surface area (Å²) in [6, 6.07) is 55.4. The second-order valence-electron chi connectivity index (χ2n) is 19.5. The molecule has 6 heteroatoms. The van der Waals surface area contributed by atoms with Crippen LogP contribution in [0.25, 0.3) is 0 Å². The van der Waals surface area contributed by atoms with Gasteiger partial charge >= 0.3 is 0 Å². The van der Waals surface area contributed by atoms with Crippen LogP contribution in [0.3, 0.4) is 0 Å². The molecule has 0 bridgehead atoms. The first-order valence-electron chi connectivity index (χ1n) is 22.4. The lowest BCUT2D eigenvalue weighted by Gasteiger charge is -2.42. The number of hydrogen-bond acceptors (Lipinski definition) is 3. The third kappa shape index (κ3) is 6.12. The SMILES string of the molecule is CC(C)c1cc(C(C)C)c(B2c3ccc(N4c5ccccc5[Si](C)(C)c5ccccc54)cc3Oc3ccc(N4c5ccccc5[Si](C)(C)c5ccccc54)cc32)c(C(C)C)c1. The van der Waals surface area contributed by atoms with E-state index in [0.29, 0.717) is 17.8 Å². The van der Waals surface area contributed by atoms with Crippen molar-refractivity contribution >= 4 is 94.1 Å². The van der Waals surface area contributed by atoms with Gasteiger partial charge in [0, 0.05) is 40.2 Å². The second kappa shape index (κ2) is 14.5. The Hall–Kier alpha value is -5.56. The van der Waals surface area contributed by atoms with Crippen LogP contribution in [0, 0.1) is 0 Å². The number of hydrogen-bond donors (Lipinski definition) is 0. The summed E-state index contributed by atoms with van der Waals surface area (Å²) in [6.45, 7) is 24.1. The van der Waals surface area contributed by atoms with Gasteiger partial charge in [0.1, 0.15) is 27.6 Å². The zero-order valence-corrected chi connectivity index (χ0v) is 39.5. The monoisotopic (exact) mass is 828 g/mol. The number of anilines is 6. The van der Waals surface area contributed by atoms with Crippen molar-refractivity contribution in [3.05, 3.63) is 162 Å². The number of para-hydroxylation sites is 4. The van der Waals surface area contributed by atoms with E-state index in [2.05, 4.69) is 223 Å². The molecule has 7 aromatic carbocycles. The summed E-state index contributed by atoms with van der Waals surface area (Å²) in [7, 11) is -3.88. The first-order chi connectivity index (χ1) is 29.3. The Bertz CT molecular complexity index is 2750. The highest BCUT2D eigenvalue weighted by molar-refractivity contribution is 7.03. The van der Waals surface area contributed by atoms with Crippen LogP contribution in [0.5, 0.6) is 11.5 Å². The van der Waals surface area contributed by atoms with Gasteiger partial charge in [-0.2, -0.15) is 0 Å². The van der Waals surface area contributed by atoms with E-state index in [9.17, 15) is 0 Å². The first-order valence-corrected chi connectivity index (χ1v) is 28.4. The lowest BCUT2D eigenvalue weighted by atomic mass is 9.33. The summed E-state index contributed by atoms with van der Waals surface area (Å²) >= 11 is 0. The molecule has 3 aliphatic heterocycles. The molecule has 0 aliphatic carbocycles. The normalized spacial score (nSPS) is 15.5. The molecule has 0 atom stereocenters. The Morgan fingerprint density at radius 2 is 0.836 bits per heavy atom. The highest BCUT2D eigenvalue weighted by atomic mass is 28.3. The topological polar surface area (TPSA) is 15.7 Å². The highest BCUT2D eigenvalue weighted by Crippen LogP contribution is 2.43. The molecule has 304 valence electrons. The molecule has 0 amide bonds. The van der Waals surface area contributed by atoms with Crippen molar-refractivity contribution < 1.29 is 4.74 Å². The summed E-state index contributed by atoms with van der Waals surface area (Å²) < 4.78 is 7.22. The second-order valence-corrected chi connectivity index (χ2v) is 28.2. The van der Waals surface area contributed by atoms with Gasteiger partial charge in [0.05, 0.1) is 0 Å². The molecule has 0 saturated heterocycles. The minimum Gasteiger partial charge on any atom is -0.458 e. The Balaban J connectivity index is 1.21. The Morgan fingerprint density at radius 1 is 0.426 bits per heavy atom. The maximum atomic E-state index is 7.22. The summed E-state index contributed by atoms with van der Waals surface area (Å²) in [5, 5.41) is 5.86. The van der Waals surface area contributed by atoms with E-state index >= 15 is 0 Å². The summed E-state index contributed by atoms with van der Waals surface area (Å²) in [5.74, 6) is 2.97. The summed E-state index contributed by atoms with van der Waals surface area (Å²) in [4.78, 5) is 5.00. The van der Waals surface area contributed by atoms with Crippen molar-refractivity contribution in [2.75, 3.05) is 9.80 Å². The zero-order chi connectivity index (χ0) is 42.5. The van der Waals surface area contributed by atoms with Gasteiger partial charge in [-0.3, -0.25) is 0 Å². The third-order valence-electron chi connectivity index (χ3n) is 14.1. The van der Waals surface area contributed by atoms with Crippen LogP contribution in [0.15, 0.2) is 146 Å². The standard InChI is InChI=1S/C55H57BN2OSi2/c1-35(2)38-31-41(36(3)4)55(42(32-38)37(5)6)56-43-29-27-40(58-47-21-13-17-25-53(47)61(9,10)54-26-18-14-22-48(54)58)34-50(43)59-49-30-28-39(33-44(49)56)57-45-19-11-15-23-51(45)60(7,8)52-24-16-12-20-46(52)57/h11-37H,1-10H3. The van der Waals surface area contributed by atoms with Crippen molar-refractivity contribution in [1.29, 1.82) is 0 Å². The van der Waals surface area contributed by atoms with Crippen molar-refractivity contribution in [2.45, 2.75) is 85.5 Å². The van der Waals surface area contributed by atoms with Crippen molar-refractivity contribution in [3.8, 4) is 11.5 Å². The van der Waals surface area contributed by atoms with E-state index in [1.807, 2.05) is 0 Å². The van der Waals surface area contributed by atoms with E-state index in [4.69, 9.17) is 4.74 Å². The van der Waals surface area contributed by atoms with Crippen LogP contribution < -0.4 is 51.7 Å². The van der Waals surface area contributed by atoms with Crippen LogP contribution in [0.2, 0.25) is 26.2 Å². The van der Waals surface area contributed by atoms with E-state index in [-0.39, 0.29) is 6.71 Å². The predicted molar refractivity (Wildman–Crippen MR) is 269 cm³/mol. The third-order valence-corrected chi connectivity index (χ3v) is 21.2. The number of fused-ring (bicyclic) bond motifs is 6. The lowest BCUT2D eigenvalue weighted by Crippen LogP contribution is -2.59. The molecule has 0 fully saturated rings. The van der Waals surface area contributed by atoms with E-state index in [0.717, 1.165) is 17.2 Å². The molecule has 0 saturated carbocycles. The largest absolute Gasteiger partial charge is 0.458 e. The molecule has 3 nitrogen and oxygen atoms in total. The number of rotatable bonds is 6. The van der Waals surface area contributed by atoms with Crippen molar-refractivity contribution in [2.24, 2.45) is 0 Å². The van der Waals surface area contributed by atoms with Gasteiger partial charge in [-0.15, -0.1) is 0 Å². The molecule has 10 rings (SSSR count). The van der Waals surface area contributed by atoms with Gasteiger partial charge in [0.25, 0.3) is 6.71 Å². The number of ether oxygens (including phenoxy) is 1. The van der Waals surface area contributed by atoms with Crippen LogP contribution in [0.4, 0.5) is 34.1 Å². The van der Waals surface area contributed by atoms with Crippen molar-refractivity contribution in [3.63, 3.8) is 0 Å². The fraction of sp³-hybridized carbons (Fsp3) is 0.236.